The summed E-state index contributed by atoms with van der Waals surface area (Å²) < 4.78 is 27.0. The van der Waals surface area contributed by atoms with Crippen LogP contribution in [0.15, 0.2) is 66.4 Å². The molecule has 1 aliphatic rings. The van der Waals surface area contributed by atoms with Gasteiger partial charge in [-0.05, 0) is 48.0 Å². The molecule has 0 fully saturated rings. The number of benzene rings is 3. The minimum atomic E-state index is -0.657. The number of ketones is 1. The number of fused-ring (bicyclic) bond motifs is 1. The minimum absolute atomic E-state index is 0.161. The summed E-state index contributed by atoms with van der Waals surface area (Å²) in [5.41, 5.74) is 1.30. The second kappa shape index (κ2) is 8.85. The van der Waals surface area contributed by atoms with Crippen molar-refractivity contribution in [3.63, 3.8) is 0 Å². The van der Waals surface area contributed by atoms with Crippen molar-refractivity contribution in [1.82, 2.24) is 0 Å². The van der Waals surface area contributed by atoms with Crippen LogP contribution >= 0.6 is 0 Å². The molecule has 0 bridgehead atoms. The Balaban J connectivity index is 1.58. The lowest BCUT2D eigenvalue weighted by Gasteiger charge is -2.12. The van der Waals surface area contributed by atoms with Crippen LogP contribution in [0.5, 0.6) is 28.7 Å². The van der Waals surface area contributed by atoms with Gasteiger partial charge in [-0.15, -0.1) is 0 Å². The number of rotatable bonds is 6. The van der Waals surface area contributed by atoms with E-state index >= 15 is 0 Å². The van der Waals surface area contributed by atoms with E-state index in [1.54, 1.807) is 43.5 Å². The fourth-order valence-corrected chi connectivity index (χ4v) is 3.32. The number of hydrogen-bond acceptors (Lipinski definition) is 7. The summed E-state index contributed by atoms with van der Waals surface area (Å²) in [4.78, 5) is 25.5. The van der Waals surface area contributed by atoms with Gasteiger partial charge < -0.3 is 23.7 Å². The van der Waals surface area contributed by atoms with Crippen molar-refractivity contribution in [2.45, 2.75) is 0 Å². The van der Waals surface area contributed by atoms with Crippen LogP contribution in [0.2, 0.25) is 0 Å². The number of hydrogen-bond donors (Lipinski definition) is 0. The Bertz CT molecular complexity index is 1200. The van der Waals surface area contributed by atoms with Crippen molar-refractivity contribution >= 4 is 17.8 Å². The molecular weight excluding hydrogens is 412 g/mol. The van der Waals surface area contributed by atoms with Crippen molar-refractivity contribution in [2.24, 2.45) is 0 Å². The lowest BCUT2D eigenvalue weighted by molar-refractivity contribution is 0.0727. The normalized spacial score (nSPS) is 13.3. The lowest BCUT2D eigenvalue weighted by Crippen LogP contribution is -2.12. The molecule has 32 heavy (non-hydrogen) atoms. The number of Topliss-reactive ketones (excluding diaryl/α,β-unsaturated/α-hetero) is 1. The predicted octanol–water partition coefficient (Wildman–Crippen LogP) is 4.55. The number of carbonyl (C=O) groups excluding carboxylic acids is 2. The summed E-state index contributed by atoms with van der Waals surface area (Å²) in [6.07, 6.45) is 1.64. The highest BCUT2D eigenvalue weighted by Gasteiger charge is 2.28. The average molecular weight is 432 g/mol. The first-order valence-electron chi connectivity index (χ1n) is 9.69. The van der Waals surface area contributed by atoms with Gasteiger partial charge in [0.15, 0.2) is 5.76 Å². The molecule has 0 aromatic heterocycles. The summed E-state index contributed by atoms with van der Waals surface area (Å²) >= 11 is 0. The van der Waals surface area contributed by atoms with E-state index in [2.05, 4.69) is 0 Å². The van der Waals surface area contributed by atoms with Crippen molar-refractivity contribution < 1.29 is 33.3 Å². The van der Waals surface area contributed by atoms with Crippen molar-refractivity contribution in [3.05, 3.63) is 83.1 Å². The quantitative estimate of drug-likeness (QED) is 0.321. The number of allylic oxidation sites excluding steroid dienone is 1. The molecule has 0 aliphatic carbocycles. The second-order valence-electron chi connectivity index (χ2n) is 6.80. The van der Waals surface area contributed by atoms with Crippen LogP contribution in [0.3, 0.4) is 0 Å². The summed E-state index contributed by atoms with van der Waals surface area (Å²) in [6, 6.07) is 16.8. The number of methoxy groups -OCH3 is 3. The monoisotopic (exact) mass is 432 g/mol. The molecule has 4 rings (SSSR count). The van der Waals surface area contributed by atoms with Crippen molar-refractivity contribution in [1.29, 1.82) is 0 Å². The van der Waals surface area contributed by atoms with Gasteiger partial charge in [-0.2, -0.15) is 0 Å². The molecule has 3 aromatic carbocycles. The Labute approximate surface area is 184 Å². The number of esters is 1. The van der Waals surface area contributed by atoms with Crippen LogP contribution in [0.25, 0.3) is 6.08 Å². The summed E-state index contributed by atoms with van der Waals surface area (Å²) in [7, 11) is 4.48. The van der Waals surface area contributed by atoms with E-state index in [1.807, 2.05) is 18.2 Å². The first-order valence-corrected chi connectivity index (χ1v) is 9.69. The fraction of sp³-hybridized carbons (Fsp3) is 0.120. The molecule has 0 atom stereocenters. The SMILES string of the molecule is COc1cccc(/C=C2\Oc3cc(OC(=O)c4c(OC)cccc4OC)ccc3C2=O)c1. The minimum Gasteiger partial charge on any atom is -0.497 e. The maximum absolute atomic E-state index is 12.8. The van der Waals surface area contributed by atoms with E-state index in [0.29, 0.717) is 28.6 Å². The molecule has 0 spiro atoms. The first-order chi connectivity index (χ1) is 15.5. The summed E-state index contributed by atoms with van der Waals surface area (Å²) in [5.74, 6) is 1.10. The summed E-state index contributed by atoms with van der Waals surface area (Å²) in [5, 5.41) is 0. The third kappa shape index (κ3) is 4.00. The van der Waals surface area contributed by atoms with Crippen LogP contribution in [0.4, 0.5) is 0 Å². The maximum Gasteiger partial charge on any atom is 0.351 e. The van der Waals surface area contributed by atoms with Gasteiger partial charge >= 0.3 is 5.97 Å². The summed E-state index contributed by atoms with van der Waals surface area (Å²) in [6.45, 7) is 0. The fourth-order valence-electron chi connectivity index (χ4n) is 3.32. The van der Waals surface area contributed by atoms with Crippen molar-refractivity contribution in [3.8, 4) is 28.7 Å². The van der Waals surface area contributed by atoms with Gasteiger partial charge in [-0.1, -0.05) is 18.2 Å². The van der Waals surface area contributed by atoms with Crippen LogP contribution in [-0.2, 0) is 0 Å². The molecule has 0 saturated carbocycles. The lowest BCUT2D eigenvalue weighted by atomic mass is 10.1. The van der Waals surface area contributed by atoms with E-state index in [1.165, 1.54) is 26.4 Å². The maximum atomic E-state index is 12.8. The van der Waals surface area contributed by atoms with Crippen LogP contribution in [0, 0.1) is 0 Å². The molecule has 0 unspecified atom stereocenters. The predicted molar refractivity (Wildman–Crippen MR) is 117 cm³/mol. The van der Waals surface area contributed by atoms with Gasteiger partial charge in [0.25, 0.3) is 0 Å². The first kappa shape index (κ1) is 21.0. The zero-order valence-corrected chi connectivity index (χ0v) is 17.7. The number of ether oxygens (including phenoxy) is 5. The Hall–Kier alpha value is -4.26. The Morgan fingerprint density at radius 1 is 0.844 bits per heavy atom. The van der Waals surface area contributed by atoms with Crippen LogP contribution in [-0.4, -0.2) is 33.1 Å². The average Bonchev–Trinajstić information content (AvgIpc) is 3.12. The molecule has 1 heterocycles. The second-order valence-corrected chi connectivity index (χ2v) is 6.80. The smallest absolute Gasteiger partial charge is 0.351 e. The molecule has 7 nitrogen and oxygen atoms in total. The molecular formula is C25H20O7. The van der Waals surface area contributed by atoms with Gasteiger partial charge in [0, 0.05) is 6.07 Å². The van der Waals surface area contributed by atoms with Gasteiger partial charge in [-0.25, -0.2) is 4.79 Å². The molecule has 7 heteroatoms. The Kier molecular flexibility index (Phi) is 5.81. The van der Waals surface area contributed by atoms with E-state index < -0.39 is 5.97 Å². The van der Waals surface area contributed by atoms with E-state index in [9.17, 15) is 9.59 Å². The third-order valence-corrected chi connectivity index (χ3v) is 4.88. The highest BCUT2D eigenvalue weighted by Crippen LogP contribution is 2.36. The van der Waals surface area contributed by atoms with Crippen LogP contribution in [0.1, 0.15) is 26.3 Å². The standard InChI is InChI=1S/C25H20O7/c1-28-16-7-4-6-15(12-16)13-22-24(26)18-11-10-17(14-21(18)32-22)31-25(27)23-19(29-2)8-5-9-20(23)30-3/h4-14H,1-3H3/b22-13-. The highest BCUT2D eigenvalue weighted by atomic mass is 16.5. The van der Waals surface area contributed by atoms with Gasteiger partial charge in [0.05, 0.1) is 26.9 Å². The third-order valence-electron chi connectivity index (χ3n) is 4.88. The molecule has 0 saturated heterocycles. The van der Waals surface area contributed by atoms with Crippen LogP contribution < -0.4 is 23.7 Å². The van der Waals surface area contributed by atoms with E-state index in [0.717, 1.165) is 5.56 Å². The zero-order valence-electron chi connectivity index (χ0n) is 17.7. The molecule has 0 amide bonds. The van der Waals surface area contributed by atoms with Gasteiger partial charge in [0.1, 0.15) is 34.3 Å². The van der Waals surface area contributed by atoms with Crippen molar-refractivity contribution in [2.75, 3.05) is 21.3 Å². The molecule has 1 aliphatic heterocycles. The highest BCUT2D eigenvalue weighted by molar-refractivity contribution is 6.14. The number of carbonyl (C=O) groups is 2. The molecule has 162 valence electrons. The Morgan fingerprint density at radius 2 is 1.56 bits per heavy atom. The molecule has 3 aromatic rings. The topological polar surface area (TPSA) is 80.3 Å². The van der Waals surface area contributed by atoms with E-state index in [-0.39, 0.29) is 22.9 Å². The molecule has 0 radical (unpaired) electrons. The Morgan fingerprint density at radius 3 is 2.25 bits per heavy atom. The molecule has 0 N–H and O–H groups in total. The zero-order chi connectivity index (χ0) is 22.7. The van der Waals surface area contributed by atoms with Gasteiger partial charge in [0.2, 0.25) is 5.78 Å². The largest absolute Gasteiger partial charge is 0.497 e. The van der Waals surface area contributed by atoms with Gasteiger partial charge in [-0.3, -0.25) is 4.79 Å². The van der Waals surface area contributed by atoms with E-state index in [4.69, 9.17) is 23.7 Å².